The van der Waals surface area contributed by atoms with Gasteiger partial charge in [-0.1, -0.05) is 54.2 Å². The molecule has 1 unspecified atom stereocenters. The van der Waals surface area contributed by atoms with E-state index in [2.05, 4.69) is 73.9 Å². The smallest absolute Gasteiger partial charge is 0.0736 e. The van der Waals surface area contributed by atoms with Gasteiger partial charge in [0.15, 0.2) is 0 Å². The van der Waals surface area contributed by atoms with Crippen LogP contribution < -0.4 is 0 Å². The minimum Gasteiger partial charge on any atom is -0.378 e. The average Bonchev–Trinajstić information content (AvgIpc) is 2.86. The standard InChI is InChI=1S/C24H31N2O2PS/c29-28-19-18-27-17-16-25-12-14-26(15-13-25)22-9-5-7-20-6-1-3-10-23(20)30-24-11-4-2-8-21(22)24/h1-4,6,8-11H,5,7,12-19,29H2/b22-9-. The number of hydrogen-bond donors (Lipinski definition) is 0. The minimum absolute atomic E-state index is 0.633. The first-order chi connectivity index (χ1) is 14.8. The fraction of sp³-hybridized carbons (Fsp3) is 0.417. The quantitative estimate of drug-likeness (QED) is 0.462. The Kier molecular flexibility index (Phi) is 8.24. The van der Waals surface area contributed by atoms with Crippen LogP contribution in [0.1, 0.15) is 17.5 Å². The molecule has 1 fully saturated rings. The Labute approximate surface area is 186 Å². The van der Waals surface area contributed by atoms with Crippen molar-refractivity contribution in [3.05, 3.63) is 65.7 Å². The summed E-state index contributed by atoms with van der Waals surface area (Å²) in [4.78, 5) is 7.82. The van der Waals surface area contributed by atoms with E-state index in [1.807, 2.05) is 11.8 Å². The molecule has 1 saturated heterocycles. The molecule has 30 heavy (non-hydrogen) atoms. The van der Waals surface area contributed by atoms with Crippen molar-refractivity contribution >= 4 is 26.9 Å². The number of ether oxygens (including phenoxy) is 1. The highest BCUT2D eigenvalue weighted by Crippen LogP contribution is 2.38. The number of fused-ring (bicyclic) bond motifs is 2. The largest absolute Gasteiger partial charge is 0.378 e. The van der Waals surface area contributed by atoms with Gasteiger partial charge in [-0.2, -0.15) is 0 Å². The van der Waals surface area contributed by atoms with Crippen LogP contribution in [0.3, 0.4) is 0 Å². The third-order valence-electron chi connectivity index (χ3n) is 5.72. The van der Waals surface area contributed by atoms with Gasteiger partial charge in [0.05, 0.1) is 19.8 Å². The van der Waals surface area contributed by atoms with E-state index in [1.54, 1.807) is 0 Å². The fourth-order valence-electron chi connectivity index (χ4n) is 4.08. The van der Waals surface area contributed by atoms with Crippen LogP contribution in [-0.2, 0) is 15.7 Å². The summed E-state index contributed by atoms with van der Waals surface area (Å²) in [6, 6.07) is 17.7. The van der Waals surface area contributed by atoms with E-state index in [9.17, 15) is 0 Å². The molecule has 0 spiro atoms. The topological polar surface area (TPSA) is 24.9 Å². The molecule has 0 saturated carbocycles. The Morgan fingerprint density at radius 3 is 2.47 bits per heavy atom. The number of nitrogens with zero attached hydrogens (tertiary/aromatic N) is 2. The van der Waals surface area contributed by atoms with Crippen molar-refractivity contribution in [2.24, 2.45) is 0 Å². The zero-order valence-corrected chi connectivity index (χ0v) is 19.4. The summed E-state index contributed by atoms with van der Waals surface area (Å²) in [6.45, 7) is 7.34. The average molecular weight is 443 g/mol. The molecule has 0 radical (unpaired) electrons. The van der Waals surface area contributed by atoms with Crippen molar-refractivity contribution < 1.29 is 9.26 Å². The van der Waals surface area contributed by atoms with Gasteiger partial charge in [-0.25, -0.2) is 0 Å². The molecule has 0 aliphatic carbocycles. The lowest BCUT2D eigenvalue weighted by molar-refractivity contribution is 0.0727. The summed E-state index contributed by atoms with van der Waals surface area (Å²) in [6.07, 6.45) is 4.63. The minimum atomic E-state index is 0.633. The number of benzene rings is 2. The lowest BCUT2D eigenvalue weighted by atomic mass is 10.1. The van der Waals surface area contributed by atoms with Crippen molar-refractivity contribution in [2.75, 3.05) is 52.5 Å². The molecular formula is C24H31N2O2PS. The first-order valence-corrected chi connectivity index (χ1v) is 12.1. The van der Waals surface area contributed by atoms with Gasteiger partial charge in [0.1, 0.15) is 0 Å². The van der Waals surface area contributed by atoms with Gasteiger partial charge in [0, 0.05) is 63.2 Å². The Bertz CT molecular complexity index is 853. The van der Waals surface area contributed by atoms with Gasteiger partial charge < -0.3 is 14.2 Å². The first kappa shape index (κ1) is 21.9. The summed E-state index contributed by atoms with van der Waals surface area (Å²) in [5.41, 5.74) is 4.22. The maximum absolute atomic E-state index is 5.63. The predicted octanol–water partition coefficient (Wildman–Crippen LogP) is 4.57. The second-order valence-electron chi connectivity index (χ2n) is 7.65. The van der Waals surface area contributed by atoms with Crippen molar-refractivity contribution in [2.45, 2.75) is 22.6 Å². The number of piperazine rings is 1. The van der Waals surface area contributed by atoms with Crippen molar-refractivity contribution in [1.82, 2.24) is 9.80 Å². The number of hydrogen-bond acceptors (Lipinski definition) is 5. The highest BCUT2D eigenvalue weighted by Gasteiger charge is 2.22. The van der Waals surface area contributed by atoms with E-state index >= 15 is 0 Å². The van der Waals surface area contributed by atoms with Crippen LogP contribution in [0.2, 0.25) is 0 Å². The molecular weight excluding hydrogens is 411 g/mol. The molecule has 0 amide bonds. The van der Waals surface area contributed by atoms with Crippen LogP contribution in [0.4, 0.5) is 0 Å². The molecule has 2 aliphatic rings. The van der Waals surface area contributed by atoms with Crippen LogP contribution in [0.25, 0.3) is 5.70 Å². The molecule has 2 aromatic carbocycles. The van der Waals surface area contributed by atoms with Gasteiger partial charge in [-0.3, -0.25) is 4.90 Å². The molecule has 4 rings (SSSR count). The highest BCUT2D eigenvalue weighted by atomic mass is 32.2. The summed E-state index contributed by atoms with van der Waals surface area (Å²) >= 11 is 1.91. The maximum atomic E-state index is 5.63. The molecule has 6 heteroatoms. The molecule has 0 bridgehead atoms. The zero-order chi connectivity index (χ0) is 20.6. The first-order valence-electron chi connectivity index (χ1n) is 10.8. The van der Waals surface area contributed by atoms with Crippen LogP contribution in [-0.4, -0.2) is 62.3 Å². The fourth-order valence-corrected chi connectivity index (χ4v) is 5.29. The molecule has 1 atom stereocenters. The second-order valence-corrected chi connectivity index (χ2v) is 9.06. The molecule has 4 nitrogen and oxygen atoms in total. The monoisotopic (exact) mass is 442 g/mol. The molecule has 0 aromatic heterocycles. The molecule has 0 N–H and O–H groups in total. The van der Waals surface area contributed by atoms with Gasteiger partial charge in [0.2, 0.25) is 0 Å². The maximum Gasteiger partial charge on any atom is 0.0736 e. The van der Waals surface area contributed by atoms with E-state index in [0.717, 1.165) is 52.2 Å². The normalized spacial score (nSPS) is 19.1. The summed E-state index contributed by atoms with van der Waals surface area (Å²) < 4.78 is 10.6. The predicted molar refractivity (Wildman–Crippen MR) is 128 cm³/mol. The van der Waals surface area contributed by atoms with E-state index < -0.39 is 0 Å². The van der Waals surface area contributed by atoms with Gasteiger partial charge >= 0.3 is 0 Å². The van der Waals surface area contributed by atoms with Crippen molar-refractivity contribution in [1.29, 1.82) is 0 Å². The Morgan fingerprint density at radius 2 is 1.63 bits per heavy atom. The Balaban J connectivity index is 1.43. The number of allylic oxidation sites excluding steroid dienone is 1. The summed E-state index contributed by atoms with van der Waals surface area (Å²) in [5, 5.41) is 0. The van der Waals surface area contributed by atoms with Crippen molar-refractivity contribution in [3.63, 3.8) is 0 Å². The lowest BCUT2D eigenvalue weighted by Gasteiger charge is -2.38. The number of aryl methyl sites for hydroxylation is 1. The second kappa shape index (κ2) is 11.3. The molecule has 2 aliphatic heterocycles. The zero-order valence-electron chi connectivity index (χ0n) is 17.5. The molecule has 160 valence electrons. The van der Waals surface area contributed by atoms with E-state index in [0.29, 0.717) is 13.2 Å². The third-order valence-corrected chi connectivity index (χ3v) is 7.15. The number of rotatable bonds is 7. The Hall–Kier alpha value is -1.36. The van der Waals surface area contributed by atoms with E-state index in [-0.39, 0.29) is 0 Å². The lowest BCUT2D eigenvalue weighted by Crippen LogP contribution is -2.46. The van der Waals surface area contributed by atoms with E-state index in [1.165, 1.54) is 26.6 Å². The van der Waals surface area contributed by atoms with Gasteiger partial charge in [0.25, 0.3) is 0 Å². The molecule has 2 aromatic rings. The van der Waals surface area contributed by atoms with Gasteiger partial charge in [-0.15, -0.1) is 0 Å². The van der Waals surface area contributed by atoms with Crippen LogP contribution in [0, 0.1) is 0 Å². The van der Waals surface area contributed by atoms with E-state index in [4.69, 9.17) is 9.26 Å². The van der Waals surface area contributed by atoms with Crippen LogP contribution in [0.5, 0.6) is 0 Å². The summed E-state index contributed by atoms with van der Waals surface area (Å²) in [5.74, 6) is 0. The van der Waals surface area contributed by atoms with Crippen LogP contribution >= 0.6 is 21.2 Å². The summed E-state index contributed by atoms with van der Waals surface area (Å²) in [7, 11) is 2.26. The highest BCUT2D eigenvalue weighted by molar-refractivity contribution is 7.99. The SMILES string of the molecule is POCCOCCN1CCN(/C2=C\CCc3ccccc3Sc3ccccc32)CC1. The van der Waals surface area contributed by atoms with Crippen molar-refractivity contribution in [3.8, 4) is 0 Å². The van der Waals surface area contributed by atoms with Gasteiger partial charge in [-0.05, 0) is 30.5 Å². The Morgan fingerprint density at radius 1 is 0.867 bits per heavy atom. The molecule has 2 heterocycles. The van der Waals surface area contributed by atoms with Crippen LogP contribution in [0.15, 0.2) is 64.4 Å². The third kappa shape index (κ3) is 5.66.